The smallest absolute Gasteiger partial charge is 0.248 e. The highest BCUT2D eigenvalue weighted by Gasteiger charge is 2.20. The molecule has 0 spiro atoms. The zero-order valence-corrected chi connectivity index (χ0v) is 8.61. The molecule has 0 aliphatic rings. The maximum atomic E-state index is 11.4. The van der Waals surface area contributed by atoms with Crippen LogP contribution in [-0.4, -0.2) is 23.4 Å². The van der Waals surface area contributed by atoms with E-state index < -0.39 is 15.3 Å². The maximum absolute atomic E-state index is 11.4. The van der Waals surface area contributed by atoms with Crippen LogP contribution in [0.2, 0.25) is 0 Å². The summed E-state index contributed by atoms with van der Waals surface area (Å²) in [6.07, 6.45) is 2.89. The first kappa shape index (κ1) is 10.5. The number of hydrogen-bond acceptors (Lipinski definition) is 4. The van der Waals surface area contributed by atoms with E-state index >= 15 is 0 Å². The van der Waals surface area contributed by atoms with E-state index in [4.69, 9.17) is 5.26 Å². The van der Waals surface area contributed by atoms with E-state index in [0.717, 1.165) is 0 Å². The number of nitrogens with one attached hydrogen (secondary N) is 1. The summed E-state index contributed by atoms with van der Waals surface area (Å²) in [5.74, 6) is 0. The van der Waals surface area contributed by atoms with Crippen LogP contribution in [0.1, 0.15) is 6.92 Å². The van der Waals surface area contributed by atoms with E-state index in [2.05, 4.69) is 9.82 Å². The Kier molecular flexibility index (Phi) is 2.76. The van der Waals surface area contributed by atoms with Gasteiger partial charge in [0.15, 0.2) is 5.25 Å². The third kappa shape index (κ3) is 2.23. The maximum Gasteiger partial charge on any atom is 0.248 e. The molecule has 0 saturated carbocycles. The van der Waals surface area contributed by atoms with Crippen LogP contribution in [0.4, 0.5) is 5.69 Å². The van der Waals surface area contributed by atoms with Crippen molar-refractivity contribution < 1.29 is 8.42 Å². The number of rotatable bonds is 3. The predicted molar refractivity (Wildman–Crippen MR) is 50.8 cm³/mol. The number of nitrogens with zero attached hydrogens (tertiary/aromatic N) is 3. The average Bonchev–Trinajstić information content (AvgIpc) is 2.48. The zero-order chi connectivity index (χ0) is 10.8. The number of sulfonamides is 1. The average molecular weight is 214 g/mol. The van der Waals surface area contributed by atoms with Crippen LogP contribution in [0, 0.1) is 11.3 Å². The first-order valence-electron chi connectivity index (χ1n) is 3.85. The van der Waals surface area contributed by atoms with Gasteiger partial charge < -0.3 is 0 Å². The number of anilines is 1. The molecule has 6 nitrogen and oxygen atoms in total. The van der Waals surface area contributed by atoms with Crippen molar-refractivity contribution in [2.75, 3.05) is 4.72 Å². The Labute approximate surface area is 82.2 Å². The van der Waals surface area contributed by atoms with Crippen molar-refractivity contribution in [3.8, 4) is 6.07 Å². The van der Waals surface area contributed by atoms with Gasteiger partial charge in [0.05, 0.1) is 18.0 Å². The van der Waals surface area contributed by atoms with E-state index in [1.54, 1.807) is 13.1 Å². The number of hydrogen-bond donors (Lipinski definition) is 1. The number of aryl methyl sites for hydroxylation is 1. The lowest BCUT2D eigenvalue weighted by Gasteiger charge is -2.05. The van der Waals surface area contributed by atoms with Gasteiger partial charge in [-0.05, 0) is 6.92 Å². The van der Waals surface area contributed by atoms with Gasteiger partial charge in [0.1, 0.15) is 0 Å². The minimum atomic E-state index is -3.61. The molecule has 0 aromatic carbocycles. The van der Waals surface area contributed by atoms with Gasteiger partial charge in [0, 0.05) is 13.2 Å². The number of nitriles is 1. The summed E-state index contributed by atoms with van der Waals surface area (Å²) in [5, 5.41) is 11.2. The van der Waals surface area contributed by atoms with Gasteiger partial charge in [-0.1, -0.05) is 0 Å². The van der Waals surface area contributed by atoms with Crippen LogP contribution < -0.4 is 4.72 Å². The topological polar surface area (TPSA) is 87.8 Å². The quantitative estimate of drug-likeness (QED) is 0.771. The van der Waals surface area contributed by atoms with Crippen molar-refractivity contribution >= 4 is 15.7 Å². The van der Waals surface area contributed by atoms with Gasteiger partial charge in [-0.25, -0.2) is 8.42 Å². The van der Waals surface area contributed by atoms with E-state index in [-0.39, 0.29) is 0 Å². The van der Waals surface area contributed by atoms with Crippen LogP contribution in [-0.2, 0) is 17.1 Å². The first-order valence-corrected chi connectivity index (χ1v) is 5.40. The van der Waals surface area contributed by atoms with E-state index in [1.165, 1.54) is 24.0 Å². The summed E-state index contributed by atoms with van der Waals surface area (Å²) in [6, 6.07) is 1.65. The molecule has 0 radical (unpaired) electrons. The highest BCUT2D eigenvalue weighted by atomic mass is 32.2. The molecule has 76 valence electrons. The molecule has 1 unspecified atom stereocenters. The Balaban J connectivity index is 2.85. The summed E-state index contributed by atoms with van der Waals surface area (Å²) in [6.45, 7) is 1.32. The normalized spacial score (nSPS) is 13.2. The first-order chi connectivity index (χ1) is 6.45. The minimum absolute atomic E-state index is 0.356. The van der Waals surface area contributed by atoms with Crippen molar-refractivity contribution in [1.82, 2.24) is 9.78 Å². The van der Waals surface area contributed by atoms with Gasteiger partial charge >= 0.3 is 0 Å². The molecule has 1 atom stereocenters. The van der Waals surface area contributed by atoms with Crippen molar-refractivity contribution in [3.05, 3.63) is 12.4 Å². The summed E-state index contributed by atoms with van der Waals surface area (Å²) in [4.78, 5) is 0. The van der Waals surface area contributed by atoms with Crippen molar-refractivity contribution in [2.45, 2.75) is 12.2 Å². The van der Waals surface area contributed by atoms with Gasteiger partial charge in [0.25, 0.3) is 0 Å². The highest BCUT2D eigenvalue weighted by molar-refractivity contribution is 7.93. The van der Waals surface area contributed by atoms with Gasteiger partial charge in [0.2, 0.25) is 10.0 Å². The monoisotopic (exact) mass is 214 g/mol. The molecule has 1 N–H and O–H groups in total. The molecule has 14 heavy (non-hydrogen) atoms. The molecule has 0 aliphatic carbocycles. The summed E-state index contributed by atoms with van der Waals surface area (Å²) in [5.41, 5.74) is 0.356. The van der Waals surface area contributed by atoms with Crippen LogP contribution in [0.5, 0.6) is 0 Å². The van der Waals surface area contributed by atoms with Crippen LogP contribution >= 0.6 is 0 Å². The molecular formula is C7H10N4O2S. The number of aromatic nitrogens is 2. The van der Waals surface area contributed by atoms with Gasteiger partial charge in [-0.2, -0.15) is 10.4 Å². The van der Waals surface area contributed by atoms with Crippen LogP contribution in [0.3, 0.4) is 0 Å². The standard InChI is InChI=1S/C7H10N4O2S/c1-6(3-8)14(12,13)10-7-4-9-11(2)5-7/h4-6,10H,1-2H3. The Bertz CT molecular complexity index is 456. The third-order valence-electron chi connectivity index (χ3n) is 1.61. The van der Waals surface area contributed by atoms with E-state index in [0.29, 0.717) is 5.69 Å². The third-order valence-corrected chi connectivity index (χ3v) is 3.17. The molecule has 0 aliphatic heterocycles. The largest absolute Gasteiger partial charge is 0.279 e. The molecule has 1 aromatic heterocycles. The second-order valence-corrected chi connectivity index (χ2v) is 4.82. The lowest BCUT2D eigenvalue weighted by atomic mass is 10.5. The van der Waals surface area contributed by atoms with Crippen LogP contribution in [0.25, 0.3) is 0 Å². The molecule has 1 heterocycles. The molecule has 1 aromatic rings. The lowest BCUT2D eigenvalue weighted by molar-refractivity contribution is 0.597. The Morgan fingerprint density at radius 2 is 2.36 bits per heavy atom. The molecule has 0 amide bonds. The van der Waals surface area contributed by atoms with E-state index in [9.17, 15) is 8.42 Å². The van der Waals surface area contributed by atoms with E-state index in [1.807, 2.05) is 0 Å². The molecule has 0 bridgehead atoms. The van der Waals surface area contributed by atoms with Crippen molar-refractivity contribution in [3.63, 3.8) is 0 Å². The Morgan fingerprint density at radius 1 is 1.71 bits per heavy atom. The molecule has 0 saturated heterocycles. The van der Waals surface area contributed by atoms with Crippen LogP contribution in [0.15, 0.2) is 12.4 Å². The molecule has 0 fully saturated rings. The predicted octanol–water partition coefficient (Wildman–Crippen LogP) is 0.0739. The summed E-state index contributed by atoms with van der Waals surface area (Å²) in [7, 11) is -1.94. The van der Waals surface area contributed by atoms with Crippen molar-refractivity contribution in [2.24, 2.45) is 7.05 Å². The fraction of sp³-hybridized carbons (Fsp3) is 0.429. The summed E-state index contributed by atoms with van der Waals surface area (Å²) >= 11 is 0. The van der Waals surface area contributed by atoms with Gasteiger partial charge in [-0.15, -0.1) is 0 Å². The minimum Gasteiger partial charge on any atom is -0.279 e. The SMILES string of the molecule is CC(C#N)S(=O)(=O)Nc1cnn(C)c1. The lowest BCUT2D eigenvalue weighted by Crippen LogP contribution is -2.23. The fourth-order valence-corrected chi connectivity index (χ4v) is 1.55. The molecule has 1 rings (SSSR count). The Hall–Kier alpha value is -1.55. The second-order valence-electron chi connectivity index (χ2n) is 2.82. The van der Waals surface area contributed by atoms with Crippen molar-refractivity contribution in [1.29, 1.82) is 5.26 Å². The fourth-order valence-electron chi connectivity index (χ4n) is 0.796. The Morgan fingerprint density at radius 3 is 2.79 bits per heavy atom. The molecular weight excluding hydrogens is 204 g/mol. The molecule has 7 heteroatoms. The highest BCUT2D eigenvalue weighted by Crippen LogP contribution is 2.09. The second kappa shape index (κ2) is 3.67. The summed E-state index contributed by atoms with van der Waals surface area (Å²) < 4.78 is 26.5. The van der Waals surface area contributed by atoms with Gasteiger partial charge in [-0.3, -0.25) is 9.40 Å². The zero-order valence-electron chi connectivity index (χ0n) is 7.80.